The molecular formula is C25H44IN5O2. The second kappa shape index (κ2) is 15.6. The number of methoxy groups -OCH3 is 1. The molecular weight excluding hydrogens is 529 g/mol. The van der Waals surface area contributed by atoms with Crippen LogP contribution in [0.2, 0.25) is 0 Å². The minimum atomic E-state index is 0. The van der Waals surface area contributed by atoms with Crippen LogP contribution in [0.15, 0.2) is 23.2 Å². The van der Waals surface area contributed by atoms with Crippen LogP contribution in [-0.4, -0.2) is 81.8 Å². The van der Waals surface area contributed by atoms with Crippen LogP contribution < -0.4 is 20.1 Å². The summed E-state index contributed by atoms with van der Waals surface area (Å²) in [6.45, 7) is 10.3. The van der Waals surface area contributed by atoms with Crippen LogP contribution >= 0.6 is 24.0 Å². The van der Waals surface area contributed by atoms with E-state index < -0.39 is 0 Å². The molecule has 0 radical (unpaired) electrons. The second-order valence-corrected chi connectivity index (χ2v) is 8.95. The predicted molar refractivity (Wildman–Crippen MR) is 147 cm³/mol. The monoisotopic (exact) mass is 573 g/mol. The van der Waals surface area contributed by atoms with Gasteiger partial charge in [-0.2, -0.15) is 0 Å². The molecule has 0 spiro atoms. The second-order valence-electron chi connectivity index (χ2n) is 8.95. The van der Waals surface area contributed by atoms with Gasteiger partial charge in [0.1, 0.15) is 0 Å². The number of benzene rings is 1. The molecule has 1 aromatic carbocycles. The Morgan fingerprint density at radius 2 is 1.91 bits per heavy atom. The van der Waals surface area contributed by atoms with Crippen LogP contribution in [-0.2, 0) is 6.54 Å². The van der Waals surface area contributed by atoms with E-state index in [4.69, 9.17) is 14.5 Å². The van der Waals surface area contributed by atoms with Crippen molar-refractivity contribution in [3.05, 3.63) is 23.8 Å². The highest BCUT2D eigenvalue weighted by atomic mass is 127. The minimum Gasteiger partial charge on any atom is -0.493 e. The van der Waals surface area contributed by atoms with E-state index >= 15 is 0 Å². The summed E-state index contributed by atoms with van der Waals surface area (Å²) in [5.41, 5.74) is 1.07. The maximum absolute atomic E-state index is 6.36. The standard InChI is InChI=1S/C25H43N5O2.HI/c1-4-26-25(27-14-8-16-30-17-9-15-29(2)18-19-30)28-20-21-10-7-13-23(31-3)24(21)32-22-11-5-6-12-22;/h7,10,13,22H,4-6,8-9,11-12,14-20H2,1-3H3,(H2,26,27,28);1H. The highest BCUT2D eigenvalue weighted by Crippen LogP contribution is 2.35. The number of guanidine groups is 1. The molecule has 3 rings (SSSR count). The maximum atomic E-state index is 6.36. The lowest BCUT2D eigenvalue weighted by molar-refractivity contribution is 0.198. The normalized spacial score (nSPS) is 18.5. The molecule has 1 heterocycles. The minimum absolute atomic E-state index is 0. The van der Waals surface area contributed by atoms with Gasteiger partial charge in [0.15, 0.2) is 17.5 Å². The summed E-state index contributed by atoms with van der Waals surface area (Å²) in [4.78, 5) is 9.85. The fourth-order valence-electron chi connectivity index (χ4n) is 4.49. The van der Waals surface area contributed by atoms with Crippen LogP contribution in [0.4, 0.5) is 0 Å². The third-order valence-electron chi connectivity index (χ3n) is 6.37. The average Bonchev–Trinajstić information content (AvgIpc) is 3.23. The van der Waals surface area contributed by atoms with Crippen molar-refractivity contribution in [3.63, 3.8) is 0 Å². The zero-order chi connectivity index (χ0) is 22.6. The van der Waals surface area contributed by atoms with Crippen molar-refractivity contribution in [2.24, 2.45) is 4.99 Å². The number of hydrogen-bond donors (Lipinski definition) is 2. The van der Waals surface area contributed by atoms with Gasteiger partial charge in [0.05, 0.1) is 19.8 Å². The predicted octanol–water partition coefficient (Wildman–Crippen LogP) is 3.72. The van der Waals surface area contributed by atoms with Crippen molar-refractivity contribution in [3.8, 4) is 11.5 Å². The van der Waals surface area contributed by atoms with E-state index in [2.05, 4.69) is 40.5 Å². The van der Waals surface area contributed by atoms with Crippen LogP contribution in [0.3, 0.4) is 0 Å². The van der Waals surface area contributed by atoms with Gasteiger partial charge < -0.3 is 29.9 Å². The molecule has 0 aromatic heterocycles. The molecule has 1 aliphatic carbocycles. The Labute approximate surface area is 217 Å². The van der Waals surface area contributed by atoms with Crippen LogP contribution in [0.25, 0.3) is 0 Å². The Hall–Kier alpha value is -1.26. The molecule has 0 amide bonds. The highest BCUT2D eigenvalue weighted by Gasteiger charge is 2.20. The quantitative estimate of drug-likeness (QED) is 0.193. The summed E-state index contributed by atoms with van der Waals surface area (Å²) >= 11 is 0. The van der Waals surface area contributed by atoms with Crippen molar-refractivity contribution in [2.75, 3.05) is 60.0 Å². The van der Waals surface area contributed by atoms with E-state index in [-0.39, 0.29) is 24.0 Å². The topological polar surface area (TPSA) is 61.4 Å². The number of likely N-dealkylation sites (N-methyl/N-ethyl adjacent to an activating group) is 1. The SMILES string of the molecule is CCNC(=NCc1cccc(OC)c1OC1CCCC1)NCCCN1CCCN(C)CC1.I. The third-order valence-corrected chi connectivity index (χ3v) is 6.37. The lowest BCUT2D eigenvalue weighted by atomic mass is 10.1. The molecule has 2 aliphatic rings. The molecule has 2 N–H and O–H groups in total. The molecule has 0 atom stereocenters. The van der Waals surface area contributed by atoms with E-state index in [1.807, 2.05) is 12.1 Å². The number of hydrogen-bond acceptors (Lipinski definition) is 5. The van der Waals surface area contributed by atoms with Crippen LogP contribution in [0, 0.1) is 0 Å². The van der Waals surface area contributed by atoms with Crippen LogP contribution in [0.1, 0.15) is 51.0 Å². The molecule has 2 fully saturated rings. The highest BCUT2D eigenvalue weighted by molar-refractivity contribution is 14.0. The Morgan fingerprint density at radius 3 is 2.67 bits per heavy atom. The Kier molecular flexibility index (Phi) is 13.2. The van der Waals surface area contributed by atoms with Gasteiger partial charge in [0.25, 0.3) is 0 Å². The van der Waals surface area contributed by atoms with E-state index in [9.17, 15) is 0 Å². The van der Waals surface area contributed by atoms with Crippen molar-refractivity contribution < 1.29 is 9.47 Å². The summed E-state index contributed by atoms with van der Waals surface area (Å²) in [6, 6.07) is 6.09. The van der Waals surface area contributed by atoms with Gasteiger partial charge in [-0.3, -0.25) is 0 Å². The number of halogens is 1. The van der Waals surface area contributed by atoms with Gasteiger partial charge in [-0.15, -0.1) is 24.0 Å². The smallest absolute Gasteiger partial charge is 0.191 e. The van der Waals surface area contributed by atoms with E-state index in [1.165, 1.54) is 45.4 Å². The Balaban J connectivity index is 0.00000385. The zero-order valence-electron chi connectivity index (χ0n) is 20.8. The fraction of sp³-hybridized carbons (Fsp3) is 0.720. The number of para-hydroxylation sites is 1. The Bertz CT molecular complexity index is 712. The van der Waals surface area contributed by atoms with Crippen molar-refractivity contribution in [1.82, 2.24) is 20.4 Å². The first-order valence-corrected chi connectivity index (χ1v) is 12.4. The molecule has 8 heteroatoms. The largest absolute Gasteiger partial charge is 0.493 e. The lowest BCUT2D eigenvalue weighted by Gasteiger charge is -2.20. The summed E-state index contributed by atoms with van der Waals surface area (Å²) in [7, 11) is 3.93. The first kappa shape index (κ1) is 28.0. The van der Waals surface area contributed by atoms with Crippen molar-refractivity contribution in [2.45, 2.75) is 58.1 Å². The average molecular weight is 574 g/mol. The molecule has 1 saturated carbocycles. The number of aliphatic imine (C=N–C) groups is 1. The van der Waals surface area contributed by atoms with E-state index in [1.54, 1.807) is 7.11 Å². The molecule has 0 unspecified atom stereocenters. The Morgan fingerprint density at radius 1 is 1.09 bits per heavy atom. The first-order valence-electron chi connectivity index (χ1n) is 12.4. The number of nitrogens with one attached hydrogen (secondary N) is 2. The van der Waals surface area contributed by atoms with E-state index in [0.29, 0.717) is 12.6 Å². The number of rotatable bonds is 10. The van der Waals surface area contributed by atoms with Gasteiger partial charge in [0.2, 0.25) is 0 Å². The summed E-state index contributed by atoms with van der Waals surface area (Å²) in [5, 5.41) is 6.88. The van der Waals surface area contributed by atoms with Gasteiger partial charge >= 0.3 is 0 Å². The van der Waals surface area contributed by atoms with Crippen LogP contribution in [0.5, 0.6) is 11.5 Å². The van der Waals surface area contributed by atoms with Gasteiger partial charge in [0, 0.05) is 31.7 Å². The fourth-order valence-corrected chi connectivity index (χ4v) is 4.49. The molecule has 7 nitrogen and oxygen atoms in total. The van der Waals surface area contributed by atoms with Gasteiger partial charge in [-0.25, -0.2) is 4.99 Å². The zero-order valence-corrected chi connectivity index (χ0v) is 23.1. The van der Waals surface area contributed by atoms with E-state index in [0.717, 1.165) is 61.9 Å². The molecule has 1 saturated heterocycles. The number of ether oxygens (including phenoxy) is 2. The number of nitrogens with zero attached hydrogens (tertiary/aromatic N) is 3. The maximum Gasteiger partial charge on any atom is 0.191 e. The van der Waals surface area contributed by atoms with Crippen molar-refractivity contribution >= 4 is 29.9 Å². The summed E-state index contributed by atoms with van der Waals surface area (Å²) in [6.07, 6.45) is 7.41. The molecule has 1 aromatic rings. The van der Waals surface area contributed by atoms with Crippen molar-refractivity contribution in [1.29, 1.82) is 0 Å². The summed E-state index contributed by atoms with van der Waals surface area (Å²) < 4.78 is 12.0. The van der Waals surface area contributed by atoms with Gasteiger partial charge in [-0.1, -0.05) is 12.1 Å². The summed E-state index contributed by atoms with van der Waals surface area (Å²) in [5.74, 6) is 2.51. The third kappa shape index (κ3) is 9.48. The molecule has 33 heavy (non-hydrogen) atoms. The van der Waals surface area contributed by atoms with Gasteiger partial charge in [-0.05, 0) is 78.2 Å². The lowest BCUT2D eigenvalue weighted by Crippen LogP contribution is -2.39. The molecule has 1 aliphatic heterocycles. The first-order chi connectivity index (χ1) is 15.7. The molecule has 188 valence electrons. The molecule has 0 bridgehead atoms.